The van der Waals surface area contributed by atoms with Crippen molar-refractivity contribution in [3.05, 3.63) is 93.6 Å². The molecular weight excluding hydrogens is 474 g/mol. The molecule has 0 aliphatic rings. The summed E-state index contributed by atoms with van der Waals surface area (Å²) in [5.74, 6) is -0.518. The van der Waals surface area contributed by atoms with Gasteiger partial charge in [-0.1, -0.05) is 34.1 Å². The molecule has 0 spiro atoms. The van der Waals surface area contributed by atoms with E-state index < -0.39 is 15.9 Å². The number of hydroxylamine groups is 2. The third-order valence-electron chi connectivity index (χ3n) is 4.01. The van der Waals surface area contributed by atoms with Crippen LogP contribution in [-0.4, -0.2) is 24.8 Å². The minimum absolute atomic E-state index is 0.0610. The molecule has 3 aromatic carbocycles. The third-order valence-corrected chi connectivity index (χ3v) is 5.91. The SMILES string of the molecule is O=C(Nc1cccc(CN([O-])O)c1)c1cccc(S(=O)(=O)Nc2ccc(Br)cc2)c1. The normalized spacial score (nSPS) is 11.3. The number of carbonyl (C=O) groups excluding carboxylic acids is 1. The smallest absolute Gasteiger partial charge is 0.261 e. The van der Waals surface area contributed by atoms with Crippen molar-refractivity contribution in [1.82, 2.24) is 5.23 Å². The van der Waals surface area contributed by atoms with Gasteiger partial charge in [0.25, 0.3) is 15.9 Å². The van der Waals surface area contributed by atoms with Crippen LogP contribution in [0.5, 0.6) is 0 Å². The summed E-state index contributed by atoms with van der Waals surface area (Å²) in [5, 5.41) is 22.0. The molecule has 0 saturated heterocycles. The number of nitrogens with one attached hydrogen (secondary N) is 2. The Hall–Kier alpha value is -2.76. The number of halogens is 1. The predicted molar refractivity (Wildman–Crippen MR) is 116 cm³/mol. The second kappa shape index (κ2) is 9.37. The maximum absolute atomic E-state index is 12.7. The molecule has 3 rings (SSSR count). The molecule has 0 fully saturated rings. The average Bonchev–Trinajstić information content (AvgIpc) is 2.69. The van der Waals surface area contributed by atoms with Crippen molar-refractivity contribution in [2.24, 2.45) is 0 Å². The Morgan fingerprint density at radius 3 is 2.40 bits per heavy atom. The highest BCUT2D eigenvalue weighted by Crippen LogP contribution is 2.20. The van der Waals surface area contributed by atoms with Crippen molar-refractivity contribution in [2.75, 3.05) is 10.0 Å². The molecule has 3 N–H and O–H groups in total. The van der Waals surface area contributed by atoms with Gasteiger partial charge >= 0.3 is 0 Å². The topological polar surface area (TPSA) is 122 Å². The Balaban J connectivity index is 1.77. The third kappa shape index (κ3) is 5.88. The monoisotopic (exact) mass is 490 g/mol. The number of anilines is 2. The minimum atomic E-state index is -3.89. The molecule has 0 bridgehead atoms. The minimum Gasteiger partial charge on any atom is -0.762 e. The summed E-state index contributed by atoms with van der Waals surface area (Å²) in [6.45, 7) is -0.251. The first-order valence-electron chi connectivity index (χ1n) is 8.65. The van der Waals surface area contributed by atoms with Crippen LogP contribution in [-0.2, 0) is 16.6 Å². The average molecular weight is 491 g/mol. The molecule has 0 atom stereocenters. The molecule has 0 aliphatic heterocycles. The molecule has 0 aliphatic carbocycles. The lowest BCUT2D eigenvalue weighted by molar-refractivity contribution is -0.0487. The fraction of sp³-hybridized carbons (Fsp3) is 0.0500. The maximum Gasteiger partial charge on any atom is 0.261 e. The van der Waals surface area contributed by atoms with Crippen LogP contribution in [0, 0.1) is 5.21 Å². The zero-order valence-corrected chi connectivity index (χ0v) is 17.9. The standard InChI is InChI=1S/C20H17BrN3O5S/c21-16-7-9-17(10-8-16)23-30(28,29)19-6-2-4-15(12-19)20(25)22-18-5-1-3-14(11-18)13-24(26)27/h1-12,23,26H,13H2,(H,22,25)/q-1. The van der Waals surface area contributed by atoms with Gasteiger partial charge < -0.3 is 15.7 Å². The van der Waals surface area contributed by atoms with E-state index in [1.165, 1.54) is 30.3 Å². The molecule has 10 heteroatoms. The molecular formula is C20H17BrN3O5S-. The summed E-state index contributed by atoms with van der Waals surface area (Å²) in [6.07, 6.45) is 0. The maximum atomic E-state index is 12.7. The van der Waals surface area contributed by atoms with Crippen LogP contribution in [0.3, 0.4) is 0 Å². The largest absolute Gasteiger partial charge is 0.762 e. The number of nitrogens with zero attached hydrogens (tertiary/aromatic N) is 1. The van der Waals surface area contributed by atoms with E-state index in [0.717, 1.165) is 4.47 Å². The van der Waals surface area contributed by atoms with Crippen molar-refractivity contribution in [2.45, 2.75) is 11.4 Å². The molecule has 156 valence electrons. The number of hydrogen-bond donors (Lipinski definition) is 3. The second-order valence-electron chi connectivity index (χ2n) is 6.31. The van der Waals surface area contributed by atoms with Crippen LogP contribution in [0.1, 0.15) is 15.9 Å². The number of sulfonamides is 1. The summed E-state index contributed by atoms with van der Waals surface area (Å²) in [5.41, 5.74) is 1.44. The van der Waals surface area contributed by atoms with Gasteiger partial charge in [0.1, 0.15) is 0 Å². The number of rotatable bonds is 7. The van der Waals surface area contributed by atoms with E-state index in [1.807, 2.05) is 0 Å². The summed E-state index contributed by atoms with van der Waals surface area (Å²) >= 11 is 3.29. The van der Waals surface area contributed by atoms with E-state index in [-0.39, 0.29) is 22.2 Å². The van der Waals surface area contributed by atoms with Gasteiger partial charge in [0.15, 0.2) is 0 Å². The molecule has 8 nitrogen and oxygen atoms in total. The van der Waals surface area contributed by atoms with E-state index >= 15 is 0 Å². The molecule has 0 aromatic heterocycles. The van der Waals surface area contributed by atoms with Crippen molar-refractivity contribution in [3.8, 4) is 0 Å². The van der Waals surface area contributed by atoms with Crippen LogP contribution in [0.15, 0.2) is 82.2 Å². The van der Waals surface area contributed by atoms with E-state index in [2.05, 4.69) is 26.0 Å². The summed E-state index contributed by atoms with van der Waals surface area (Å²) < 4.78 is 28.6. The Morgan fingerprint density at radius 1 is 1.00 bits per heavy atom. The zero-order valence-electron chi connectivity index (χ0n) is 15.4. The highest BCUT2D eigenvalue weighted by Gasteiger charge is 2.17. The van der Waals surface area contributed by atoms with Crippen molar-refractivity contribution >= 4 is 43.2 Å². The number of hydrogen-bond acceptors (Lipinski definition) is 6. The van der Waals surface area contributed by atoms with E-state index in [0.29, 0.717) is 16.9 Å². The summed E-state index contributed by atoms with van der Waals surface area (Å²) in [7, 11) is -3.89. The van der Waals surface area contributed by atoms with Gasteiger partial charge in [0, 0.05) is 28.0 Å². The molecule has 30 heavy (non-hydrogen) atoms. The first-order chi connectivity index (χ1) is 14.2. The Morgan fingerprint density at radius 2 is 1.70 bits per heavy atom. The Bertz CT molecular complexity index is 1150. The Labute approximate surface area is 181 Å². The highest BCUT2D eigenvalue weighted by molar-refractivity contribution is 9.10. The lowest BCUT2D eigenvalue weighted by atomic mass is 10.1. The number of amides is 1. The van der Waals surface area contributed by atoms with Gasteiger partial charge in [-0.25, -0.2) is 8.42 Å². The molecule has 0 unspecified atom stereocenters. The van der Waals surface area contributed by atoms with Gasteiger partial charge in [-0.2, -0.15) is 0 Å². The number of carbonyl (C=O) groups is 1. The van der Waals surface area contributed by atoms with E-state index in [1.54, 1.807) is 42.5 Å². The number of benzene rings is 3. The molecule has 3 aromatic rings. The van der Waals surface area contributed by atoms with Crippen LogP contribution in [0.25, 0.3) is 0 Å². The Kier molecular flexibility index (Phi) is 6.85. The van der Waals surface area contributed by atoms with Crippen molar-refractivity contribution in [1.29, 1.82) is 0 Å². The van der Waals surface area contributed by atoms with Crippen molar-refractivity contribution in [3.63, 3.8) is 0 Å². The highest BCUT2D eigenvalue weighted by atomic mass is 79.9. The van der Waals surface area contributed by atoms with Crippen LogP contribution in [0.4, 0.5) is 11.4 Å². The fourth-order valence-electron chi connectivity index (χ4n) is 2.64. The van der Waals surface area contributed by atoms with Gasteiger partial charge in [-0.05, 0) is 60.2 Å². The molecule has 0 radical (unpaired) electrons. The van der Waals surface area contributed by atoms with Gasteiger partial charge in [-0.3, -0.25) is 14.7 Å². The van der Waals surface area contributed by atoms with Gasteiger partial charge in [-0.15, -0.1) is 0 Å². The first kappa shape index (κ1) is 21.9. The fourth-order valence-corrected chi connectivity index (χ4v) is 4.01. The van der Waals surface area contributed by atoms with Crippen LogP contribution < -0.4 is 10.0 Å². The summed E-state index contributed by atoms with van der Waals surface area (Å²) in [6, 6.07) is 18.7. The van der Waals surface area contributed by atoms with E-state index in [9.17, 15) is 18.4 Å². The molecule has 0 heterocycles. The lowest BCUT2D eigenvalue weighted by Gasteiger charge is -2.19. The summed E-state index contributed by atoms with van der Waals surface area (Å²) in [4.78, 5) is 12.5. The van der Waals surface area contributed by atoms with E-state index in [4.69, 9.17) is 5.21 Å². The van der Waals surface area contributed by atoms with Gasteiger partial charge in [0.2, 0.25) is 0 Å². The zero-order chi connectivity index (χ0) is 21.7. The second-order valence-corrected chi connectivity index (χ2v) is 8.90. The quantitative estimate of drug-likeness (QED) is 0.426. The molecule has 0 saturated carbocycles. The predicted octanol–water partition coefficient (Wildman–Crippen LogP) is 4.19. The first-order valence-corrected chi connectivity index (χ1v) is 10.9. The van der Waals surface area contributed by atoms with Crippen molar-refractivity contribution < 1.29 is 18.4 Å². The van der Waals surface area contributed by atoms with Crippen LogP contribution in [0.2, 0.25) is 0 Å². The van der Waals surface area contributed by atoms with Crippen LogP contribution >= 0.6 is 15.9 Å². The molecule has 1 amide bonds. The van der Waals surface area contributed by atoms with Gasteiger partial charge in [0.05, 0.1) is 4.90 Å². The lowest BCUT2D eigenvalue weighted by Crippen LogP contribution is -2.16.